The third kappa shape index (κ3) is 4.99. The number of H-pyrrole nitrogens is 1. The fourth-order valence-electron chi connectivity index (χ4n) is 5.31. The van der Waals surface area contributed by atoms with Crippen LogP contribution in [0.2, 0.25) is 0 Å². The van der Waals surface area contributed by atoms with Gasteiger partial charge in [-0.25, -0.2) is 0 Å². The molecule has 2 aromatic heterocycles. The van der Waals surface area contributed by atoms with E-state index in [1.165, 1.54) is 0 Å². The molecule has 1 amide bonds. The maximum Gasteiger partial charge on any atom is 0.389 e. The summed E-state index contributed by atoms with van der Waals surface area (Å²) in [6, 6.07) is 3.76. The Kier molecular flexibility index (Phi) is 6.78. The Bertz CT molecular complexity index is 1330. The van der Waals surface area contributed by atoms with E-state index < -0.39 is 12.6 Å². The molecule has 0 unspecified atom stereocenters. The largest absolute Gasteiger partial charge is 0.389 e. The minimum atomic E-state index is -4.15. The quantitative estimate of drug-likeness (QED) is 0.499. The van der Waals surface area contributed by atoms with E-state index in [1.807, 2.05) is 23.7 Å². The minimum absolute atomic E-state index is 0.0206. The molecule has 1 aromatic carbocycles. The molecule has 3 aromatic rings. The highest BCUT2D eigenvalue weighted by Gasteiger charge is 2.30. The molecule has 4 heterocycles. The molecule has 2 aliphatic rings. The SMILES string of the molecule is Cc1cc2[nH]c(=O)c3cnn(C4CCOCC4)c3c2cc1C(=O)N1CC[C@@H](NCCCC(F)(F)F)C1. The predicted octanol–water partition coefficient (Wildman–Crippen LogP) is 3.68. The van der Waals surface area contributed by atoms with Crippen molar-refractivity contribution in [2.75, 3.05) is 32.8 Å². The summed E-state index contributed by atoms with van der Waals surface area (Å²) in [5, 5.41) is 8.94. The lowest BCUT2D eigenvalue weighted by atomic mass is 10.0. The first-order valence-electron chi connectivity index (χ1n) is 12.4. The standard InChI is InChI=1S/C25H30F3N5O3/c1-15-11-21-19(22-20(23(34)31-21)13-30-33(22)17-4-9-36-10-5-17)12-18(15)24(35)32-8-3-16(14-32)29-7-2-6-25(26,27)28/h11-13,16-17,29H,2-10,14H2,1H3,(H,31,34)/t16-/m1/s1. The van der Waals surface area contributed by atoms with Crippen molar-refractivity contribution in [2.24, 2.45) is 0 Å². The number of carbonyl (C=O) groups is 1. The van der Waals surface area contributed by atoms with Gasteiger partial charge in [-0.15, -0.1) is 0 Å². The Morgan fingerprint density at radius 1 is 1.22 bits per heavy atom. The first-order chi connectivity index (χ1) is 17.2. The zero-order chi connectivity index (χ0) is 25.4. The molecule has 2 saturated heterocycles. The fraction of sp³-hybridized carbons (Fsp3) is 0.560. The van der Waals surface area contributed by atoms with Gasteiger partial charge in [0, 0.05) is 49.7 Å². The van der Waals surface area contributed by atoms with Gasteiger partial charge in [-0.05, 0) is 56.8 Å². The monoisotopic (exact) mass is 505 g/mol. The van der Waals surface area contributed by atoms with Crippen molar-refractivity contribution in [3.05, 3.63) is 39.8 Å². The summed E-state index contributed by atoms with van der Waals surface area (Å²) < 4.78 is 44.5. The van der Waals surface area contributed by atoms with Gasteiger partial charge in [0.25, 0.3) is 11.5 Å². The third-order valence-corrected chi connectivity index (χ3v) is 7.22. The number of aryl methyl sites for hydroxylation is 1. The zero-order valence-electron chi connectivity index (χ0n) is 20.2. The molecule has 194 valence electrons. The van der Waals surface area contributed by atoms with Crippen molar-refractivity contribution < 1.29 is 22.7 Å². The molecule has 36 heavy (non-hydrogen) atoms. The lowest BCUT2D eigenvalue weighted by molar-refractivity contribution is -0.135. The number of halogens is 3. The van der Waals surface area contributed by atoms with Crippen LogP contribution >= 0.6 is 0 Å². The van der Waals surface area contributed by atoms with Crippen molar-refractivity contribution in [3.8, 4) is 0 Å². The second-order valence-corrected chi connectivity index (χ2v) is 9.77. The molecular formula is C25H30F3N5O3. The number of rotatable bonds is 6. The highest BCUT2D eigenvalue weighted by Crippen LogP contribution is 2.30. The van der Waals surface area contributed by atoms with E-state index in [0.29, 0.717) is 49.2 Å². The Morgan fingerprint density at radius 2 is 2.00 bits per heavy atom. The average molecular weight is 506 g/mol. The number of likely N-dealkylation sites (tertiary alicyclic amines) is 1. The van der Waals surface area contributed by atoms with E-state index in [-0.39, 0.29) is 36.5 Å². The highest BCUT2D eigenvalue weighted by atomic mass is 19.4. The smallest absolute Gasteiger partial charge is 0.381 e. The van der Waals surface area contributed by atoms with Crippen LogP contribution in [0.1, 0.15) is 54.1 Å². The number of benzene rings is 1. The molecule has 0 spiro atoms. The van der Waals surface area contributed by atoms with Crippen molar-refractivity contribution in [1.82, 2.24) is 25.0 Å². The summed E-state index contributed by atoms with van der Waals surface area (Å²) in [5.41, 5.74) is 2.46. The Balaban J connectivity index is 1.40. The predicted molar refractivity (Wildman–Crippen MR) is 129 cm³/mol. The molecule has 0 aliphatic carbocycles. The van der Waals surface area contributed by atoms with Gasteiger partial charge in [-0.2, -0.15) is 18.3 Å². The summed E-state index contributed by atoms with van der Waals surface area (Å²) in [5.74, 6) is -0.120. The molecule has 2 fully saturated rings. The molecular weight excluding hydrogens is 475 g/mol. The number of nitrogens with zero attached hydrogens (tertiary/aromatic N) is 3. The van der Waals surface area contributed by atoms with Gasteiger partial charge in [0.2, 0.25) is 0 Å². The van der Waals surface area contributed by atoms with Gasteiger partial charge < -0.3 is 19.9 Å². The second-order valence-electron chi connectivity index (χ2n) is 9.77. The molecule has 1 atom stereocenters. The van der Waals surface area contributed by atoms with Gasteiger partial charge >= 0.3 is 6.18 Å². The molecule has 5 rings (SSSR count). The number of nitrogens with one attached hydrogen (secondary N) is 2. The molecule has 11 heteroatoms. The van der Waals surface area contributed by atoms with E-state index in [1.54, 1.807) is 11.1 Å². The van der Waals surface area contributed by atoms with Gasteiger partial charge in [0.05, 0.1) is 28.7 Å². The summed E-state index contributed by atoms with van der Waals surface area (Å²) in [6.45, 7) is 4.36. The highest BCUT2D eigenvalue weighted by molar-refractivity contribution is 6.07. The maximum atomic E-state index is 13.5. The minimum Gasteiger partial charge on any atom is -0.381 e. The first kappa shape index (κ1) is 24.8. The fourth-order valence-corrected chi connectivity index (χ4v) is 5.31. The number of amides is 1. The van der Waals surface area contributed by atoms with Gasteiger partial charge in [-0.3, -0.25) is 14.3 Å². The van der Waals surface area contributed by atoms with E-state index in [0.717, 1.165) is 29.3 Å². The number of ether oxygens (including phenoxy) is 1. The summed E-state index contributed by atoms with van der Waals surface area (Å²) in [4.78, 5) is 30.9. The van der Waals surface area contributed by atoms with Crippen LogP contribution in [0.15, 0.2) is 23.1 Å². The van der Waals surface area contributed by atoms with Gasteiger partial charge in [0.15, 0.2) is 0 Å². The van der Waals surface area contributed by atoms with E-state index in [9.17, 15) is 22.8 Å². The molecule has 0 radical (unpaired) electrons. The molecule has 0 bridgehead atoms. The number of pyridine rings is 1. The number of aromatic nitrogens is 3. The van der Waals surface area contributed by atoms with Crippen LogP contribution in [0.3, 0.4) is 0 Å². The van der Waals surface area contributed by atoms with Crippen LogP contribution in [0.4, 0.5) is 13.2 Å². The Morgan fingerprint density at radius 3 is 2.75 bits per heavy atom. The number of fused-ring (bicyclic) bond motifs is 3. The summed E-state index contributed by atoms with van der Waals surface area (Å²) >= 11 is 0. The summed E-state index contributed by atoms with van der Waals surface area (Å²) in [6.07, 6.45) is -1.07. The van der Waals surface area contributed by atoms with Crippen molar-refractivity contribution >= 4 is 27.7 Å². The van der Waals surface area contributed by atoms with E-state index in [2.05, 4.69) is 15.4 Å². The number of hydrogen-bond donors (Lipinski definition) is 2. The lowest BCUT2D eigenvalue weighted by Gasteiger charge is -2.23. The zero-order valence-corrected chi connectivity index (χ0v) is 20.2. The van der Waals surface area contributed by atoms with Crippen molar-refractivity contribution in [3.63, 3.8) is 0 Å². The number of alkyl halides is 3. The second kappa shape index (κ2) is 9.85. The van der Waals surface area contributed by atoms with Gasteiger partial charge in [0.1, 0.15) is 0 Å². The first-order valence-corrected chi connectivity index (χ1v) is 12.4. The van der Waals surface area contributed by atoms with Gasteiger partial charge in [-0.1, -0.05) is 0 Å². The Labute approximate surface area is 205 Å². The van der Waals surface area contributed by atoms with Crippen molar-refractivity contribution in [1.29, 1.82) is 0 Å². The van der Waals surface area contributed by atoms with Crippen LogP contribution in [-0.4, -0.2) is 70.6 Å². The number of hydrogen-bond acceptors (Lipinski definition) is 5. The number of aromatic amines is 1. The normalized spacial score (nSPS) is 19.6. The van der Waals surface area contributed by atoms with E-state index >= 15 is 0 Å². The number of carbonyl (C=O) groups excluding carboxylic acids is 1. The van der Waals surface area contributed by atoms with Crippen LogP contribution < -0.4 is 10.9 Å². The Hall–Kier alpha value is -2.92. The average Bonchev–Trinajstić information content (AvgIpc) is 3.49. The lowest BCUT2D eigenvalue weighted by Crippen LogP contribution is -2.36. The molecule has 2 aliphatic heterocycles. The van der Waals surface area contributed by atoms with Crippen LogP contribution in [0.5, 0.6) is 0 Å². The van der Waals surface area contributed by atoms with Crippen molar-refractivity contribution in [2.45, 2.75) is 57.3 Å². The third-order valence-electron chi connectivity index (χ3n) is 7.22. The van der Waals surface area contributed by atoms with E-state index in [4.69, 9.17) is 4.74 Å². The molecule has 0 saturated carbocycles. The van der Waals surface area contributed by atoms with Crippen LogP contribution in [-0.2, 0) is 4.74 Å². The molecule has 2 N–H and O–H groups in total. The molecule has 8 nitrogen and oxygen atoms in total. The maximum absolute atomic E-state index is 13.5. The van der Waals surface area contributed by atoms with Crippen LogP contribution in [0.25, 0.3) is 21.8 Å². The summed E-state index contributed by atoms with van der Waals surface area (Å²) in [7, 11) is 0. The topological polar surface area (TPSA) is 92.2 Å². The van der Waals surface area contributed by atoms with Crippen LogP contribution in [0, 0.1) is 6.92 Å².